The number of aromatic nitrogens is 1. The minimum Gasteiger partial charge on any atom is -0.480 e. The van der Waals surface area contributed by atoms with Crippen molar-refractivity contribution in [1.29, 1.82) is 0 Å². The van der Waals surface area contributed by atoms with E-state index in [2.05, 4.69) is 14.7 Å². The predicted molar refractivity (Wildman–Crippen MR) is 119 cm³/mol. The molecule has 0 saturated carbocycles. The summed E-state index contributed by atoms with van der Waals surface area (Å²) in [7, 11) is 3.62. The number of nitrogens with zero attached hydrogens (tertiary/aromatic N) is 2. The van der Waals surface area contributed by atoms with E-state index in [1.165, 1.54) is 41.0 Å². The Bertz CT molecular complexity index is 978. The number of carbonyl (C=O) groups is 3. The van der Waals surface area contributed by atoms with Crippen LogP contribution in [-0.4, -0.2) is 63.8 Å². The van der Waals surface area contributed by atoms with E-state index in [4.69, 9.17) is 14.6 Å². The second-order valence-electron chi connectivity index (χ2n) is 5.66. The highest BCUT2D eigenvalue weighted by Crippen LogP contribution is 2.31. The van der Waals surface area contributed by atoms with Gasteiger partial charge in [-0.25, -0.2) is 19.4 Å². The highest BCUT2D eigenvalue weighted by molar-refractivity contribution is 8.82. The minimum absolute atomic E-state index is 0.169. The smallest absolute Gasteiger partial charge is 0.480 e. The molecule has 13 heteroatoms. The maximum atomic E-state index is 11.8. The zero-order valence-electron chi connectivity index (χ0n) is 15.6. The molecule has 1 N–H and O–H groups in total. The monoisotopic (exact) mass is 488 g/mol. The van der Waals surface area contributed by atoms with E-state index in [0.717, 1.165) is 15.5 Å². The number of thioether (sulfide) groups is 1. The SMILES string of the molecule is COC(=O)SSCCCOC(=O)Oc1ccc2nc(C3=N[C@@H](C(=O)O)CS3)sc2c1. The largest absolute Gasteiger partial charge is 0.513 e. The lowest BCUT2D eigenvalue weighted by Crippen LogP contribution is -2.17. The standard InChI is InChI=1S/C17H16N2O7S4/c1-24-17(23)30-28-6-2-5-25-16(22)26-9-3-4-10-12(7-9)29-14(18-10)13-19-11(8-27-13)15(20)21/h3-4,7,11H,2,5-6,8H2,1H3,(H,20,21)/t11-/m1/s1. The summed E-state index contributed by atoms with van der Waals surface area (Å²) >= 11 is 2.71. The average Bonchev–Trinajstić information content (AvgIpc) is 3.37. The van der Waals surface area contributed by atoms with Crippen LogP contribution in [0.2, 0.25) is 0 Å². The Morgan fingerprint density at radius 1 is 1.33 bits per heavy atom. The highest BCUT2D eigenvalue weighted by Gasteiger charge is 2.27. The van der Waals surface area contributed by atoms with E-state index >= 15 is 0 Å². The molecule has 0 fully saturated rings. The molecule has 0 aliphatic carbocycles. The second kappa shape index (κ2) is 10.9. The third kappa shape index (κ3) is 6.27. The number of carbonyl (C=O) groups excluding carboxylic acids is 2. The van der Waals surface area contributed by atoms with Gasteiger partial charge in [0.2, 0.25) is 0 Å². The normalized spacial score (nSPS) is 15.6. The van der Waals surface area contributed by atoms with Gasteiger partial charge in [-0.05, 0) is 18.6 Å². The lowest BCUT2D eigenvalue weighted by Gasteiger charge is -2.05. The van der Waals surface area contributed by atoms with Crippen LogP contribution in [-0.2, 0) is 14.3 Å². The van der Waals surface area contributed by atoms with Gasteiger partial charge in [0, 0.05) is 28.4 Å². The molecule has 1 aromatic carbocycles. The van der Waals surface area contributed by atoms with Crippen molar-refractivity contribution in [2.24, 2.45) is 4.99 Å². The molecule has 1 aliphatic heterocycles. The van der Waals surface area contributed by atoms with Gasteiger partial charge in [0.05, 0.1) is 23.9 Å². The van der Waals surface area contributed by atoms with E-state index in [-0.39, 0.29) is 11.9 Å². The number of benzene rings is 1. The minimum atomic E-state index is -0.950. The van der Waals surface area contributed by atoms with Crippen LogP contribution in [0, 0.1) is 0 Å². The molecule has 0 amide bonds. The predicted octanol–water partition coefficient (Wildman–Crippen LogP) is 4.30. The van der Waals surface area contributed by atoms with E-state index in [0.29, 0.717) is 39.2 Å². The van der Waals surface area contributed by atoms with Crippen LogP contribution in [0.5, 0.6) is 5.75 Å². The molecule has 0 bridgehead atoms. The number of hydrogen-bond acceptors (Lipinski definition) is 12. The second-order valence-corrected chi connectivity index (χ2v) is 10.1. The van der Waals surface area contributed by atoms with Crippen molar-refractivity contribution in [3.63, 3.8) is 0 Å². The number of aliphatic imine (C=N–C) groups is 1. The van der Waals surface area contributed by atoms with Gasteiger partial charge in [0.1, 0.15) is 15.8 Å². The van der Waals surface area contributed by atoms with Crippen molar-refractivity contribution in [2.45, 2.75) is 12.5 Å². The summed E-state index contributed by atoms with van der Waals surface area (Å²) in [5, 5.41) is 9.93. The van der Waals surface area contributed by atoms with Crippen LogP contribution in [0.3, 0.4) is 0 Å². The molecular formula is C17H16N2O7S4. The molecule has 3 rings (SSSR count). The Kier molecular flexibility index (Phi) is 8.24. The molecule has 1 aliphatic rings. The molecule has 1 atom stereocenters. The van der Waals surface area contributed by atoms with Crippen molar-refractivity contribution < 1.29 is 33.7 Å². The maximum Gasteiger partial charge on any atom is 0.513 e. The molecular weight excluding hydrogens is 472 g/mol. The first-order valence-electron chi connectivity index (χ1n) is 8.52. The lowest BCUT2D eigenvalue weighted by molar-refractivity contribution is -0.137. The number of aliphatic carboxylic acids is 1. The molecule has 9 nitrogen and oxygen atoms in total. The van der Waals surface area contributed by atoms with Gasteiger partial charge in [-0.2, -0.15) is 0 Å². The van der Waals surface area contributed by atoms with Gasteiger partial charge in [0.25, 0.3) is 0 Å². The Balaban J connectivity index is 1.50. The zero-order chi connectivity index (χ0) is 21.5. The first-order chi connectivity index (χ1) is 14.5. The number of hydrogen-bond donors (Lipinski definition) is 1. The molecule has 0 radical (unpaired) electrons. The number of methoxy groups -OCH3 is 1. The van der Waals surface area contributed by atoms with Crippen molar-refractivity contribution in [3.05, 3.63) is 23.2 Å². The average molecular weight is 489 g/mol. The van der Waals surface area contributed by atoms with Crippen LogP contribution in [0.25, 0.3) is 10.2 Å². The summed E-state index contributed by atoms with van der Waals surface area (Å²) in [6.07, 6.45) is -0.247. The fraction of sp³-hybridized carbons (Fsp3) is 0.353. The fourth-order valence-electron chi connectivity index (χ4n) is 2.20. The van der Waals surface area contributed by atoms with Crippen LogP contribution in [0.4, 0.5) is 9.59 Å². The molecule has 1 aromatic heterocycles. The Labute approximate surface area is 187 Å². The van der Waals surface area contributed by atoms with Gasteiger partial charge < -0.3 is 19.3 Å². The van der Waals surface area contributed by atoms with Crippen LogP contribution in [0.1, 0.15) is 11.4 Å². The van der Waals surface area contributed by atoms with Crippen molar-refractivity contribution in [1.82, 2.24) is 4.98 Å². The number of ether oxygens (including phenoxy) is 3. The third-order valence-corrected chi connectivity index (χ3v) is 7.91. The van der Waals surface area contributed by atoms with E-state index in [1.54, 1.807) is 18.2 Å². The topological polar surface area (TPSA) is 124 Å². The summed E-state index contributed by atoms with van der Waals surface area (Å²) in [5.74, 6) is 0.380. The summed E-state index contributed by atoms with van der Waals surface area (Å²) in [5.41, 5.74) is 0.706. The Hall–Kier alpha value is -1.96. The molecule has 2 heterocycles. The molecule has 160 valence electrons. The highest BCUT2D eigenvalue weighted by atomic mass is 33.1. The van der Waals surface area contributed by atoms with E-state index in [9.17, 15) is 14.4 Å². The summed E-state index contributed by atoms with van der Waals surface area (Å²) in [4.78, 5) is 42.5. The van der Waals surface area contributed by atoms with Crippen molar-refractivity contribution in [2.75, 3.05) is 25.2 Å². The zero-order valence-corrected chi connectivity index (χ0v) is 18.8. The third-order valence-electron chi connectivity index (χ3n) is 3.57. The van der Waals surface area contributed by atoms with Gasteiger partial charge in [0.15, 0.2) is 6.04 Å². The van der Waals surface area contributed by atoms with Gasteiger partial charge >= 0.3 is 17.4 Å². The van der Waals surface area contributed by atoms with E-state index < -0.39 is 18.2 Å². The fourth-order valence-corrected chi connectivity index (χ4v) is 5.87. The Morgan fingerprint density at radius 2 is 2.17 bits per heavy atom. The first-order valence-corrected chi connectivity index (χ1v) is 12.6. The summed E-state index contributed by atoms with van der Waals surface area (Å²) in [6, 6.07) is 4.26. The summed E-state index contributed by atoms with van der Waals surface area (Å²) < 4.78 is 15.5. The van der Waals surface area contributed by atoms with Crippen LogP contribution >= 0.6 is 44.7 Å². The lowest BCUT2D eigenvalue weighted by atomic mass is 10.3. The number of carboxylic acids is 1. The van der Waals surface area contributed by atoms with Crippen LogP contribution < -0.4 is 4.74 Å². The maximum absolute atomic E-state index is 11.8. The molecule has 0 unspecified atom stereocenters. The van der Waals surface area contributed by atoms with Crippen molar-refractivity contribution in [3.8, 4) is 5.75 Å². The summed E-state index contributed by atoms with van der Waals surface area (Å²) in [6.45, 7) is 0.169. The van der Waals surface area contributed by atoms with Crippen LogP contribution in [0.15, 0.2) is 23.2 Å². The quantitative estimate of drug-likeness (QED) is 0.247. The van der Waals surface area contributed by atoms with E-state index in [1.807, 2.05) is 0 Å². The number of fused-ring (bicyclic) bond motifs is 1. The van der Waals surface area contributed by atoms with Gasteiger partial charge in [-0.15, -0.1) is 23.1 Å². The first kappa shape index (κ1) is 22.7. The molecule has 30 heavy (non-hydrogen) atoms. The number of rotatable bonds is 8. The van der Waals surface area contributed by atoms with Crippen molar-refractivity contribution >= 4 is 77.4 Å². The van der Waals surface area contributed by atoms with Gasteiger partial charge in [-0.1, -0.05) is 10.8 Å². The number of thiazole rings is 1. The molecule has 2 aromatic rings. The van der Waals surface area contributed by atoms with Gasteiger partial charge in [-0.3, -0.25) is 4.99 Å². The Morgan fingerprint density at radius 3 is 2.90 bits per heavy atom. The number of carboxylic acid groups (broad SMARTS) is 1. The molecule has 0 spiro atoms. The molecule has 0 saturated heterocycles.